The molecule has 1 heterocycles. The molecule has 0 atom stereocenters. The van der Waals surface area contributed by atoms with Crippen LogP contribution < -0.4 is 0 Å². The molecule has 2 rings (SSSR count). The first-order chi connectivity index (χ1) is 9.99. The third-order valence-corrected chi connectivity index (χ3v) is 3.43. The Morgan fingerprint density at radius 2 is 2.10 bits per heavy atom. The number of benzene rings is 1. The van der Waals surface area contributed by atoms with Crippen LogP contribution >= 0.6 is 11.6 Å². The number of carbonyl (C=O) groups is 1. The number of carbonyl (C=O) groups excluding carboxylic acids is 1. The Bertz CT molecular complexity index is 643. The minimum Gasteiger partial charge on any atom is -0.377 e. The van der Waals surface area contributed by atoms with Crippen molar-refractivity contribution in [3.8, 4) is 0 Å². The van der Waals surface area contributed by atoms with Crippen LogP contribution in [0.3, 0.4) is 0 Å². The van der Waals surface area contributed by atoms with Crippen LogP contribution in [0.4, 0.5) is 0 Å². The zero-order valence-corrected chi connectivity index (χ0v) is 13.2. The monoisotopic (exact) mass is 306 g/mol. The normalized spacial score (nSPS) is 11.1. The number of nitrogens with zero attached hydrogens (tertiary/aromatic N) is 2. The maximum absolute atomic E-state index is 12.4. The van der Waals surface area contributed by atoms with Crippen molar-refractivity contribution in [1.82, 2.24) is 9.88 Å². The SMILES string of the molecule is CC(C)OCCN(C)C(=O)c1cc2ccccc2c(Cl)n1. The molecule has 5 heteroatoms. The molecule has 21 heavy (non-hydrogen) atoms. The van der Waals surface area contributed by atoms with Gasteiger partial charge in [-0.05, 0) is 25.3 Å². The summed E-state index contributed by atoms with van der Waals surface area (Å²) in [6.45, 7) is 4.95. The largest absolute Gasteiger partial charge is 0.377 e. The van der Waals surface area contributed by atoms with E-state index in [4.69, 9.17) is 16.3 Å². The van der Waals surface area contributed by atoms with Crippen molar-refractivity contribution in [1.29, 1.82) is 0 Å². The van der Waals surface area contributed by atoms with Crippen LogP contribution in [0.2, 0.25) is 5.15 Å². The van der Waals surface area contributed by atoms with Crippen LogP contribution in [-0.4, -0.2) is 42.1 Å². The summed E-state index contributed by atoms with van der Waals surface area (Å²) in [4.78, 5) is 18.2. The Balaban J connectivity index is 2.15. The minimum absolute atomic E-state index is 0.154. The van der Waals surface area contributed by atoms with Crippen molar-refractivity contribution < 1.29 is 9.53 Å². The van der Waals surface area contributed by atoms with Gasteiger partial charge in [0.15, 0.2) is 0 Å². The summed E-state index contributed by atoms with van der Waals surface area (Å²) in [5.74, 6) is -0.157. The molecule has 0 fully saturated rings. The van der Waals surface area contributed by atoms with Gasteiger partial charge in [0.05, 0.1) is 12.7 Å². The molecule has 0 N–H and O–H groups in total. The summed E-state index contributed by atoms with van der Waals surface area (Å²) < 4.78 is 5.45. The number of hydrogen-bond acceptors (Lipinski definition) is 3. The summed E-state index contributed by atoms with van der Waals surface area (Å²) in [6.07, 6.45) is 0.154. The Labute approximate surface area is 129 Å². The van der Waals surface area contributed by atoms with Gasteiger partial charge >= 0.3 is 0 Å². The molecule has 0 bridgehead atoms. The summed E-state index contributed by atoms with van der Waals surface area (Å²) in [7, 11) is 1.73. The van der Waals surface area contributed by atoms with E-state index in [2.05, 4.69) is 4.98 Å². The molecule has 0 radical (unpaired) electrons. The lowest BCUT2D eigenvalue weighted by Gasteiger charge is -2.18. The second-order valence-corrected chi connectivity index (χ2v) is 5.52. The summed E-state index contributed by atoms with van der Waals surface area (Å²) >= 11 is 6.15. The van der Waals surface area contributed by atoms with Gasteiger partial charge in [0, 0.05) is 19.0 Å². The molecular weight excluding hydrogens is 288 g/mol. The van der Waals surface area contributed by atoms with E-state index in [0.29, 0.717) is 24.0 Å². The van der Waals surface area contributed by atoms with E-state index in [0.717, 1.165) is 10.8 Å². The minimum atomic E-state index is -0.157. The standard InChI is InChI=1S/C16H19ClN2O2/c1-11(2)21-9-8-19(3)16(20)14-10-12-6-4-5-7-13(12)15(17)18-14/h4-7,10-11H,8-9H2,1-3H3. The van der Waals surface area contributed by atoms with Gasteiger partial charge in [-0.25, -0.2) is 4.98 Å². The molecule has 0 aliphatic carbocycles. The van der Waals surface area contributed by atoms with Crippen LogP contribution in [0.25, 0.3) is 10.8 Å². The number of amides is 1. The first-order valence-corrected chi connectivity index (χ1v) is 7.29. The Morgan fingerprint density at radius 3 is 2.81 bits per heavy atom. The van der Waals surface area contributed by atoms with Crippen LogP contribution in [-0.2, 0) is 4.74 Å². The fourth-order valence-corrected chi connectivity index (χ4v) is 2.25. The molecule has 1 aromatic carbocycles. The zero-order valence-electron chi connectivity index (χ0n) is 12.5. The molecule has 0 saturated heterocycles. The third-order valence-electron chi connectivity index (χ3n) is 3.14. The lowest BCUT2D eigenvalue weighted by Crippen LogP contribution is -2.31. The zero-order chi connectivity index (χ0) is 15.4. The van der Waals surface area contributed by atoms with Crippen molar-refractivity contribution in [2.75, 3.05) is 20.2 Å². The Morgan fingerprint density at radius 1 is 1.38 bits per heavy atom. The average Bonchev–Trinajstić information content (AvgIpc) is 2.46. The van der Waals surface area contributed by atoms with E-state index in [1.165, 1.54) is 0 Å². The highest BCUT2D eigenvalue weighted by Crippen LogP contribution is 2.22. The number of aromatic nitrogens is 1. The van der Waals surface area contributed by atoms with Gasteiger partial charge in [0.25, 0.3) is 5.91 Å². The van der Waals surface area contributed by atoms with Gasteiger partial charge in [0.2, 0.25) is 0 Å². The second-order valence-electron chi connectivity index (χ2n) is 5.17. The van der Waals surface area contributed by atoms with Crippen molar-refractivity contribution in [2.45, 2.75) is 20.0 Å². The summed E-state index contributed by atoms with van der Waals surface area (Å²) in [6, 6.07) is 9.38. The first kappa shape index (κ1) is 15.7. The number of likely N-dealkylation sites (N-methyl/N-ethyl adjacent to an activating group) is 1. The Hall–Kier alpha value is -1.65. The number of rotatable bonds is 5. The maximum Gasteiger partial charge on any atom is 0.272 e. The molecule has 4 nitrogen and oxygen atoms in total. The molecule has 0 saturated carbocycles. The lowest BCUT2D eigenvalue weighted by molar-refractivity contribution is 0.0529. The molecular formula is C16H19ClN2O2. The van der Waals surface area contributed by atoms with E-state index in [1.54, 1.807) is 18.0 Å². The number of ether oxygens (including phenoxy) is 1. The highest BCUT2D eigenvalue weighted by atomic mass is 35.5. The fourth-order valence-electron chi connectivity index (χ4n) is 1.99. The van der Waals surface area contributed by atoms with E-state index in [-0.39, 0.29) is 12.0 Å². The van der Waals surface area contributed by atoms with Crippen molar-refractivity contribution in [3.05, 3.63) is 41.2 Å². The predicted molar refractivity (Wildman–Crippen MR) is 84.8 cm³/mol. The second kappa shape index (κ2) is 6.87. The predicted octanol–water partition coefficient (Wildman–Crippen LogP) is 3.39. The third kappa shape index (κ3) is 3.93. The van der Waals surface area contributed by atoms with Gasteiger partial charge in [0.1, 0.15) is 10.8 Å². The Kier molecular flexibility index (Phi) is 5.15. The number of halogens is 1. The molecule has 1 amide bonds. The van der Waals surface area contributed by atoms with Gasteiger partial charge < -0.3 is 9.64 Å². The molecule has 0 aliphatic heterocycles. The van der Waals surface area contributed by atoms with Gasteiger partial charge in [-0.15, -0.1) is 0 Å². The van der Waals surface area contributed by atoms with Crippen molar-refractivity contribution >= 4 is 28.3 Å². The molecule has 1 aromatic heterocycles. The quantitative estimate of drug-likeness (QED) is 0.795. The van der Waals surface area contributed by atoms with Gasteiger partial charge in [-0.3, -0.25) is 4.79 Å². The fraction of sp³-hybridized carbons (Fsp3) is 0.375. The van der Waals surface area contributed by atoms with E-state index in [9.17, 15) is 4.79 Å². The molecule has 0 spiro atoms. The lowest BCUT2D eigenvalue weighted by atomic mass is 10.1. The van der Waals surface area contributed by atoms with Crippen LogP contribution in [0, 0.1) is 0 Å². The molecule has 112 valence electrons. The highest BCUT2D eigenvalue weighted by molar-refractivity contribution is 6.34. The van der Waals surface area contributed by atoms with Crippen molar-refractivity contribution in [3.63, 3.8) is 0 Å². The van der Waals surface area contributed by atoms with Crippen molar-refractivity contribution in [2.24, 2.45) is 0 Å². The number of hydrogen-bond donors (Lipinski definition) is 0. The van der Waals surface area contributed by atoms with E-state index in [1.807, 2.05) is 38.1 Å². The topological polar surface area (TPSA) is 42.4 Å². The number of pyridine rings is 1. The van der Waals surface area contributed by atoms with Gasteiger partial charge in [-0.1, -0.05) is 35.9 Å². The maximum atomic E-state index is 12.4. The molecule has 0 aliphatic rings. The highest BCUT2D eigenvalue weighted by Gasteiger charge is 2.15. The van der Waals surface area contributed by atoms with E-state index >= 15 is 0 Å². The smallest absolute Gasteiger partial charge is 0.272 e. The van der Waals surface area contributed by atoms with E-state index < -0.39 is 0 Å². The van der Waals surface area contributed by atoms with Crippen LogP contribution in [0.1, 0.15) is 24.3 Å². The van der Waals surface area contributed by atoms with Gasteiger partial charge in [-0.2, -0.15) is 0 Å². The summed E-state index contributed by atoms with van der Waals surface area (Å²) in [5.41, 5.74) is 0.353. The average molecular weight is 307 g/mol. The first-order valence-electron chi connectivity index (χ1n) is 6.91. The van der Waals surface area contributed by atoms with Crippen LogP contribution in [0.5, 0.6) is 0 Å². The summed E-state index contributed by atoms with van der Waals surface area (Å²) in [5, 5.41) is 2.11. The van der Waals surface area contributed by atoms with Crippen LogP contribution in [0.15, 0.2) is 30.3 Å². The molecule has 0 unspecified atom stereocenters. The number of fused-ring (bicyclic) bond motifs is 1. The molecule has 2 aromatic rings.